The lowest BCUT2D eigenvalue weighted by molar-refractivity contribution is -0.137. The molecule has 2 amide bonds. The summed E-state index contributed by atoms with van der Waals surface area (Å²) in [5.74, 6) is -1.01. The molecule has 0 bridgehead atoms. The molecule has 3 aromatic rings. The molecule has 26 heavy (non-hydrogen) atoms. The quantitative estimate of drug-likeness (QED) is 0.785. The van der Waals surface area contributed by atoms with Crippen LogP contribution < -0.4 is 4.90 Å². The Morgan fingerprint density at radius 1 is 1.19 bits per heavy atom. The number of aryl methyl sites for hydroxylation is 1. The first kappa shape index (κ1) is 16.1. The molecular formula is C19H18N4O3. The molecule has 7 nitrogen and oxygen atoms in total. The largest absolute Gasteiger partial charge is 0.480 e. The molecule has 132 valence electrons. The van der Waals surface area contributed by atoms with Crippen molar-refractivity contribution in [2.45, 2.75) is 6.92 Å². The highest BCUT2D eigenvalue weighted by Gasteiger charge is 2.32. The second-order valence-corrected chi connectivity index (χ2v) is 6.35. The van der Waals surface area contributed by atoms with Crippen LogP contribution in [0.2, 0.25) is 0 Å². The standard InChI is InChI=1S/C19H18N4O3/c1-13-4-2-5-14(10-13)23-17-7-3-6-16(15(17)11-20-23)22-9-8-21(19(22)26)12-18(24)25/h2-7,10-11H,8-9,12H2,1H3,(H,24,25). The summed E-state index contributed by atoms with van der Waals surface area (Å²) in [6, 6.07) is 13.5. The van der Waals surface area contributed by atoms with Crippen molar-refractivity contribution >= 4 is 28.6 Å². The molecule has 1 fully saturated rings. The van der Waals surface area contributed by atoms with Crippen molar-refractivity contribution < 1.29 is 14.7 Å². The zero-order valence-corrected chi connectivity index (χ0v) is 14.3. The van der Waals surface area contributed by atoms with Crippen molar-refractivity contribution in [3.63, 3.8) is 0 Å². The van der Waals surface area contributed by atoms with Gasteiger partial charge in [-0.1, -0.05) is 18.2 Å². The second kappa shape index (κ2) is 6.18. The van der Waals surface area contributed by atoms with E-state index in [0.29, 0.717) is 13.1 Å². The molecule has 0 radical (unpaired) electrons. The number of anilines is 1. The fourth-order valence-electron chi connectivity index (χ4n) is 3.35. The molecular weight excluding hydrogens is 332 g/mol. The number of carboxylic acids is 1. The third kappa shape index (κ3) is 2.67. The number of amides is 2. The Bertz CT molecular complexity index is 1010. The highest BCUT2D eigenvalue weighted by Crippen LogP contribution is 2.30. The Hall–Kier alpha value is -3.35. The van der Waals surface area contributed by atoms with E-state index in [4.69, 9.17) is 5.11 Å². The van der Waals surface area contributed by atoms with E-state index in [9.17, 15) is 9.59 Å². The van der Waals surface area contributed by atoms with E-state index < -0.39 is 5.97 Å². The summed E-state index contributed by atoms with van der Waals surface area (Å²) in [5.41, 5.74) is 3.75. The molecule has 1 aromatic heterocycles. The number of carbonyl (C=O) groups excluding carboxylic acids is 1. The molecule has 0 atom stereocenters. The number of rotatable bonds is 4. The molecule has 0 unspecified atom stereocenters. The number of urea groups is 1. The number of aliphatic carboxylic acids is 1. The van der Waals surface area contributed by atoms with Gasteiger partial charge in [0.05, 0.1) is 23.1 Å². The average molecular weight is 350 g/mol. The van der Waals surface area contributed by atoms with E-state index in [2.05, 4.69) is 11.2 Å². The minimum atomic E-state index is -1.01. The molecule has 1 saturated heterocycles. The van der Waals surface area contributed by atoms with Crippen LogP contribution in [0.5, 0.6) is 0 Å². The lowest BCUT2D eigenvalue weighted by Crippen LogP contribution is -2.35. The Labute approximate surface area is 150 Å². The van der Waals surface area contributed by atoms with Crippen LogP contribution in [0.4, 0.5) is 10.5 Å². The van der Waals surface area contributed by atoms with Crippen LogP contribution in [-0.2, 0) is 4.79 Å². The molecule has 2 heterocycles. The summed E-state index contributed by atoms with van der Waals surface area (Å²) < 4.78 is 1.85. The smallest absolute Gasteiger partial charge is 0.325 e. The van der Waals surface area contributed by atoms with Crippen molar-refractivity contribution in [1.82, 2.24) is 14.7 Å². The monoisotopic (exact) mass is 350 g/mol. The maximum Gasteiger partial charge on any atom is 0.325 e. The second-order valence-electron chi connectivity index (χ2n) is 6.35. The molecule has 4 rings (SSSR count). The summed E-state index contributed by atoms with van der Waals surface area (Å²) >= 11 is 0. The minimum absolute atomic E-state index is 0.284. The number of hydrogen-bond acceptors (Lipinski definition) is 3. The van der Waals surface area contributed by atoms with E-state index in [1.165, 1.54) is 4.90 Å². The predicted molar refractivity (Wildman–Crippen MR) is 97.8 cm³/mol. The maximum absolute atomic E-state index is 12.6. The number of carboxylic acid groups (broad SMARTS) is 1. The van der Waals surface area contributed by atoms with Crippen LogP contribution >= 0.6 is 0 Å². The molecule has 1 N–H and O–H groups in total. The minimum Gasteiger partial charge on any atom is -0.480 e. The normalized spacial score (nSPS) is 14.4. The third-order valence-corrected chi connectivity index (χ3v) is 4.55. The molecule has 0 spiro atoms. The maximum atomic E-state index is 12.6. The van der Waals surface area contributed by atoms with Crippen LogP contribution in [0.3, 0.4) is 0 Å². The Morgan fingerprint density at radius 2 is 2.00 bits per heavy atom. The lowest BCUT2D eigenvalue weighted by Gasteiger charge is -2.18. The summed E-state index contributed by atoms with van der Waals surface area (Å²) in [6.45, 7) is 2.60. The van der Waals surface area contributed by atoms with Crippen LogP contribution in [0.1, 0.15) is 5.56 Å². The molecule has 7 heteroatoms. The van der Waals surface area contributed by atoms with Crippen molar-refractivity contribution in [2.24, 2.45) is 0 Å². The highest BCUT2D eigenvalue weighted by molar-refractivity contribution is 6.04. The average Bonchev–Trinajstić information content (AvgIpc) is 3.19. The Balaban J connectivity index is 1.74. The van der Waals surface area contributed by atoms with Gasteiger partial charge in [-0.2, -0.15) is 5.10 Å². The fourth-order valence-corrected chi connectivity index (χ4v) is 3.35. The van der Waals surface area contributed by atoms with Crippen LogP contribution in [0.15, 0.2) is 48.7 Å². The van der Waals surface area contributed by atoms with Crippen LogP contribution in [0.25, 0.3) is 16.6 Å². The van der Waals surface area contributed by atoms with E-state index >= 15 is 0 Å². The number of carbonyl (C=O) groups is 2. The van der Waals surface area contributed by atoms with Gasteiger partial charge in [-0.25, -0.2) is 9.48 Å². The Kier molecular flexibility index (Phi) is 3.84. The molecule has 1 aliphatic heterocycles. The number of aromatic nitrogens is 2. The number of nitrogens with zero attached hydrogens (tertiary/aromatic N) is 4. The van der Waals surface area contributed by atoms with E-state index in [1.54, 1.807) is 11.1 Å². The number of benzene rings is 2. The van der Waals surface area contributed by atoms with Crippen molar-refractivity contribution in [1.29, 1.82) is 0 Å². The first-order valence-corrected chi connectivity index (χ1v) is 8.36. The Morgan fingerprint density at radius 3 is 2.77 bits per heavy atom. The van der Waals surface area contributed by atoms with Crippen molar-refractivity contribution in [2.75, 3.05) is 24.5 Å². The third-order valence-electron chi connectivity index (χ3n) is 4.55. The van der Waals surface area contributed by atoms with Gasteiger partial charge >= 0.3 is 12.0 Å². The lowest BCUT2D eigenvalue weighted by atomic mass is 10.2. The van der Waals surface area contributed by atoms with Gasteiger partial charge in [0.1, 0.15) is 6.54 Å². The summed E-state index contributed by atoms with van der Waals surface area (Å²) in [6.07, 6.45) is 1.75. The van der Waals surface area contributed by atoms with Gasteiger partial charge in [-0.3, -0.25) is 9.69 Å². The highest BCUT2D eigenvalue weighted by atomic mass is 16.4. The summed E-state index contributed by atoms with van der Waals surface area (Å²) in [7, 11) is 0. The first-order valence-electron chi connectivity index (χ1n) is 8.36. The first-order chi connectivity index (χ1) is 12.5. The van der Waals surface area contributed by atoms with Gasteiger partial charge < -0.3 is 10.0 Å². The summed E-state index contributed by atoms with van der Waals surface area (Å²) in [5, 5.41) is 14.3. The molecule has 2 aromatic carbocycles. The molecule has 0 aliphatic carbocycles. The van der Waals surface area contributed by atoms with Crippen molar-refractivity contribution in [3.05, 3.63) is 54.2 Å². The topological polar surface area (TPSA) is 78.7 Å². The van der Waals surface area contributed by atoms with Gasteiger partial charge in [0.2, 0.25) is 0 Å². The zero-order valence-electron chi connectivity index (χ0n) is 14.3. The van der Waals surface area contributed by atoms with Gasteiger partial charge in [0.25, 0.3) is 0 Å². The van der Waals surface area contributed by atoms with Crippen LogP contribution in [-0.4, -0.2) is 51.4 Å². The van der Waals surface area contributed by atoms with Gasteiger partial charge in [0.15, 0.2) is 0 Å². The molecule has 1 aliphatic rings. The SMILES string of the molecule is Cc1cccc(-n2ncc3c(N4CCN(CC(=O)O)C4=O)cccc32)c1. The molecule has 0 saturated carbocycles. The van der Waals surface area contributed by atoms with E-state index in [0.717, 1.165) is 27.8 Å². The van der Waals surface area contributed by atoms with E-state index in [1.807, 2.05) is 48.0 Å². The van der Waals surface area contributed by atoms with Gasteiger partial charge in [-0.15, -0.1) is 0 Å². The number of hydrogen-bond donors (Lipinski definition) is 1. The van der Waals surface area contributed by atoms with Crippen molar-refractivity contribution in [3.8, 4) is 5.69 Å². The fraction of sp³-hybridized carbons (Fsp3) is 0.211. The van der Waals surface area contributed by atoms with E-state index in [-0.39, 0.29) is 12.6 Å². The summed E-state index contributed by atoms with van der Waals surface area (Å²) in [4.78, 5) is 26.4. The van der Waals surface area contributed by atoms with Crippen LogP contribution in [0, 0.1) is 6.92 Å². The zero-order chi connectivity index (χ0) is 18.3. The van der Waals surface area contributed by atoms with Gasteiger partial charge in [0, 0.05) is 18.5 Å². The predicted octanol–water partition coefficient (Wildman–Crippen LogP) is 2.66. The van der Waals surface area contributed by atoms with Gasteiger partial charge in [-0.05, 0) is 36.8 Å². The number of fused-ring (bicyclic) bond motifs is 1.